The van der Waals surface area contributed by atoms with Gasteiger partial charge in [-0.2, -0.15) is 0 Å². The zero-order valence-electron chi connectivity index (χ0n) is 27.2. The van der Waals surface area contributed by atoms with Gasteiger partial charge in [-0.1, -0.05) is 43.3 Å². The molecule has 244 valence electrons. The highest BCUT2D eigenvalue weighted by Crippen LogP contribution is 2.16. The van der Waals surface area contributed by atoms with Crippen LogP contribution >= 0.6 is 0 Å². The lowest BCUT2D eigenvalue weighted by Crippen LogP contribution is -2.39. The van der Waals surface area contributed by atoms with Crippen LogP contribution in [0.15, 0.2) is 60.7 Å². The number of ether oxygens (including phenoxy) is 5. The lowest BCUT2D eigenvalue weighted by atomic mass is 9.99. The Labute approximate surface area is 261 Å². The third-order valence-electron chi connectivity index (χ3n) is 6.59. The molecular weight excluding hydrogens is 568 g/mol. The maximum absolute atomic E-state index is 12.2. The van der Waals surface area contributed by atoms with E-state index in [0.717, 1.165) is 6.42 Å². The van der Waals surface area contributed by atoms with E-state index in [9.17, 15) is 19.2 Å². The molecule has 2 amide bonds. The molecule has 0 saturated heterocycles. The van der Waals surface area contributed by atoms with Gasteiger partial charge in [0, 0.05) is 39.0 Å². The number of nitrogens with zero attached hydrogens (tertiary/aromatic N) is 2. The minimum Gasteiger partial charge on any atom is -0.466 e. The van der Waals surface area contributed by atoms with Crippen molar-refractivity contribution in [1.82, 2.24) is 9.80 Å². The third-order valence-corrected chi connectivity index (χ3v) is 6.59. The van der Waals surface area contributed by atoms with E-state index in [1.165, 1.54) is 4.90 Å². The van der Waals surface area contributed by atoms with Crippen molar-refractivity contribution in [3.8, 4) is 11.5 Å². The second-order valence-corrected chi connectivity index (χ2v) is 10.5. The Morgan fingerprint density at radius 1 is 0.659 bits per heavy atom. The summed E-state index contributed by atoms with van der Waals surface area (Å²) in [5.74, 6) is 0.889. The molecule has 2 rings (SSSR count). The number of carbonyl (C=O) groups excluding carboxylic acids is 4. The van der Waals surface area contributed by atoms with Gasteiger partial charge in [0.15, 0.2) is 0 Å². The van der Waals surface area contributed by atoms with Crippen molar-refractivity contribution >= 4 is 24.3 Å². The fourth-order valence-corrected chi connectivity index (χ4v) is 4.03. The van der Waals surface area contributed by atoms with Crippen LogP contribution in [-0.4, -0.2) is 79.6 Å². The van der Waals surface area contributed by atoms with Crippen LogP contribution in [0.2, 0.25) is 0 Å². The van der Waals surface area contributed by atoms with Gasteiger partial charge in [0.2, 0.25) is 0 Å². The van der Waals surface area contributed by atoms with Crippen molar-refractivity contribution in [3.63, 3.8) is 0 Å². The molecule has 11 nitrogen and oxygen atoms in total. The van der Waals surface area contributed by atoms with E-state index in [2.05, 4.69) is 0 Å². The van der Waals surface area contributed by atoms with E-state index >= 15 is 0 Å². The molecule has 0 heterocycles. The predicted octanol–water partition coefficient (Wildman–Crippen LogP) is 6.94. The molecule has 0 saturated carbocycles. The Balaban J connectivity index is 0.000000474. The summed E-state index contributed by atoms with van der Waals surface area (Å²) in [6, 6.07) is 17.4. The van der Waals surface area contributed by atoms with E-state index in [1.54, 1.807) is 88.3 Å². The van der Waals surface area contributed by atoms with Crippen LogP contribution in [0.25, 0.3) is 0 Å². The first-order valence-corrected chi connectivity index (χ1v) is 14.9. The highest BCUT2D eigenvalue weighted by Gasteiger charge is 2.23. The molecule has 0 aliphatic rings. The lowest BCUT2D eigenvalue weighted by Gasteiger charge is -2.26. The van der Waals surface area contributed by atoms with Gasteiger partial charge in [-0.15, -0.1) is 0 Å². The average Bonchev–Trinajstić information content (AvgIpc) is 2.97. The number of rotatable bonds is 13. The Hall–Kier alpha value is -4.28. The maximum Gasteiger partial charge on any atom is 0.514 e. The first-order chi connectivity index (χ1) is 20.9. The van der Waals surface area contributed by atoms with Crippen LogP contribution < -0.4 is 9.47 Å². The molecule has 44 heavy (non-hydrogen) atoms. The van der Waals surface area contributed by atoms with Gasteiger partial charge in [0.1, 0.15) is 17.6 Å². The summed E-state index contributed by atoms with van der Waals surface area (Å²) in [5, 5.41) is 0. The maximum atomic E-state index is 12.2. The van der Waals surface area contributed by atoms with Crippen LogP contribution in [0.5, 0.6) is 11.5 Å². The van der Waals surface area contributed by atoms with Crippen molar-refractivity contribution in [2.24, 2.45) is 5.92 Å². The van der Waals surface area contributed by atoms with Crippen LogP contribution in [0, 0.1) is 5.92 Å². The lowest BCUT2D eigenvalue weighted by molar-refractivity contribution is -0.144. The molecule has 4 atom stereocenters. The van der Waals surface area contributed by atoms with Gasteiger partial charge in [0.25, 0.3) is 0 Å². The highest BCUT2D eigenvalue weighted by molar-refractivity contribution is 5.71. The minimum absolute atomic E-state index is 0.0356. The summed E-state index contributed by atoms with van der Waals surface area (Å²) in [5.41, 5.74) is 0. The molecule has 0 aliphatic heterocycles. The number of para-hydroxylation sites is 2. The number of hydrogen-bond donors (Lipinski definition) is 0. The molecule has 0 radical (unpaired) electrons. The van der Waals surface area contributed by atoms with Gasteiger partial charge >= 0.3 is 24.3 Å². The van der Waals surface area contributed by atoms with E-state index in [4.69, 9.17) is 23.7 Å². The minimum atomic E-state index is -0.773. The summed E-state index contributed by atoms with van der Waals surface area (Å²) in [6.45, 7) is 11.9. The number of esters is 1. The second-order valence-electron chi connectivity index (χ2n) is 10.5. The van der Waals surface area contributed by atoms with Gasteiger partial charge in [-0.25, -0.2) is 14.4 Å². The van der Waals surface area contributed by atoms with Gasteiger partial charge in [-0.05, 0) is 71.2 Å². The number of hydrogen-bond acceptors (Lipinski definition) is 9. The Morgan fingerprint density at radius 3 is 1.66 bits per heavy atom. The summed E-state index contributed by atoms with van der Waals surface area (Å²) in [7, 11) is 3.35. The summed E-state index contributed by atoms with van der Waals surface area (Å²) >= 11 is 0. The molecule has 11 heteroatoms. The Kier molecular flexibility index (Phi) is 17.7. The molecule has 0 spiro atoms. The first kappa shape index (κ1) is 37.7. The topological polar surface area (TPSA) is 121 Å². The van der Waals surface area contributed by atoms with Crippen molar-refractivity contribution in [1.29, 1.82) is 0 Å². The summed E-state index contributed by atoms with van der Waals surface area (Å²) < 4.78 is 25.4. The number of amides is 2. The molecule has 0 N–H and O–H groups in total. The largest absolute Gasteiger partial charge is 0.514 e. The second kappa shape index (κ2) is 20.6. The van der Waals surface area contributed by atoms with E-state index in [1.807, 2.05) is 32.9 Å². The molecular formula is C33H48N2O9. The van der Waals surface area contributed by atoms with Crippen molar-refractivity contribution in [2.45, 2.75) is 79.0 Å². The third kappa shape index (κ3) is 15.3. The molecule has 4 unspecified atom stereocenters. The van der Waals surface area contributed by atoms with Crippen LogP contribution in [-0.2, 0) is 19.0 Å². The Bertz CT molecular complexity index is 1130. The van der Waals surface area contributed by atoms with Crippen molar-refractivity contribution in [3.05, 3.63) is 60.7 Å². The average molecular weight is 617 g/mol. The molecule has 0 aromatic heterocycles. The van der Waals surface area contributed by atoms with Gasteiger partial charge in [-0.3, -0.25) is 4.79 Å². The summed E-state index contributed by atoms with van der Waals surface area (Å²) in [6.07, 6.45) is -0.414. The van der Waals surface area contributed by atoms with Crippen LogP contribution in [0.1, 0.15) is 60.8 Å². The van der Waals surface area contributed by atoms with Crippen molar-refractivity contribution < 1.29 is 42.9 Å². The van der Waals surface area contributed by atoms with Crippen molar-refractivity contribution in [2.75, 3.05) is 27.3 Å². The standard InChI is InChI=1S/C20H23NO5.C13H25NO4/c1-15(21(3)19(22)25-17-10-6-4-7-11-17)14-16(2)24-20(23)26-18-12-8-5-9-13-18;1-6-17-12(15)9-10(3)8-11(4)14(5)13(16)18-7-2/h4-13,15-16H,14H2,1-3H3;10-11H,6-9H2,1-5H3. The molecule has 2 aromatic carbocycles. The fourth-order valence-electron chi connectivity index (χ4n) is 4.03. The smallest absolute Gasteiger partial charge is 0.466 e. The highest BCUT2D eigenvalue weighted by atomic mass is 16.7. The quantitative estimate of drug-likeness (QED) is 0.134. The number of benzene rings is 2. The predicted molar refractivity (Wildman–Crippen MR) is 167 cm³/mol. The number of carbonyl (C=O) groups is 4. The zero-order chi connectivity index (χ0) is 33.1. The van der Waals surface area contributed by atoms with E-state index in [-0.39, 0.29) is 30.1 Å². The monoisotopic (exact) mass is 616 g/mol. The first-order valence-electron chi connectivity index (χ1n) is 14.9. The zero-order valence-corrected chi connectivity index (χ0v) is 27.2. The fraction of sp³-hybridized carbons (Fsp3) is 0.515. The van der Waals surface area contributed by atoms with E-state index < -0.39 is 18.4 Å². The van der Waals surface area contributed by atoms with Crippen LogP contribution in [0.4, 0.5) is 14.4 Å². The Morgan fingerprint density at radius 2 is 1.14 bits per heavy atom. The van der Waals surface area contributed by atoms with Gasteiger partial charge in [0.05, 0.1) is 13.2 Å². The normalized spacial score (nSPS) is 13.0. The van der Waals surface area contributed by atoms with Gasteiger partial charge < -0.3 is 33.5 Å². The van der Waals surface area contributed by atoms with Crippen LogP contribution in [0.3, 0.4) is 0 Å². The van der Waals surface area contributed by atoms with E-state index in [0.29, 0.717) is 37.6 Å². The molecule has 2 aromatic rings. The SMILES string of the molecule is CC(CC(C)N(C)C(=O)Oc1ccccc1)OC(=O)Oc1ccccc1.CCOC(=O)CC(C)CC(C)N(C)C(=O)OCC. The molecule has 0 aliphatic carbocycles. The summed E-state index contributed by atoms with van der Waals surface area (Å²) in [4.78, 5) is 49.8. The molecule has 0 bridgehead atoms. The molecule has 0 fully saturated rings.